The molecule has 2 N–H and O–H groups in total. The third-order valence-corrected chi connectivity index (χ3v) is 3.70. The molecular formula is C14H13F3N2O. The number of aromatic amines is 1. The monoisotopic (exact) mass is 282 g/mol. The van der Waals surface area contributed by atoms with Gasteiger partial charge in [-0.15, -0.1) is 0 Å². The van der Waals surface area contributed by atoms with Crippen molar-refractivity contribution in [2.45, 2.75) is 31.0 Å². The molecule has 1 fully saturated rings. The standard InChI is InChI=1S/C14H13F3N2O/c15-14(16,17)13(5-6-13)19-12(20)7-9-8-18-11-4-2-1-3-10(9)11/h1-4,8,18H,5-7H2,(H,19,20). The summed E-state index contributed by atoms with van der Waals surface area (Å²) in [5, 5.41) is 2.99. The average Bonchev–Trinajstić information content (AvgIpc) is 3.06. The lowest BCUT2D eigenvalue weighted by Gasteiger charge is -2.20. The van der Waals surface area contributed by atoms with Crippen molar-refractivity contribution >= 4 is 16.8 Å². The van der Waals surface area contributed by atoms with Gasteiger partial charge in [0.1, 0.15) is 5.54 Å². The number of para-hydroxylation sites is 1. The van der Waals surface area contributed by atoms with Gasteiger partial charge in [0.2, 0.25) is 5.91 Å². The molecular weight excluding hydrogens is 269 g/mol. The van der Waals surface area contributed by atoms with Crippen LogP contribution in [0.15, 0.2) is 30.5 Å². The van der Waals surface area contributed by atoms with E-state index in [9.17, 15) is 18.0 Å². The lowest BCUT2D eigenvalue weighted by Crippen LogP contribution is -2.48. The van der Waals surface area contributed by atoms with Crippen LogP contribution in [-0.2, 0) is 11.2 Å². The Balaban J connectivity index is 1.74. The minimum absolute atomic E-state index is 0.0316. The summed E-state index contributed by atoms with van der Waals surface area (Å²) in [5.41, 5.74) is -0.417. The number of hydrogen-bond acceptors (Lipinski definition) is 1. The van der Waals surface area contributed by atoms with E-state index in [1.165, 1.54) is 0 Å². The molecule has 0 atom stereocenters. The fourth-order valence-corrected chi connectivity index (χ4v) is 2.37. The van der Waals surface area contributed by atoms with Gasteiger partial charge in [-0.1, -0.05) is 18.2 Å². The van der Waals surface area contributed by atoms with Crippen molar-refractivity contribution in [2.75, 3.05) is 0 Å². The molecule has 1 aromatic carbocycles. The number of H-pyrrole nitrogens is 1. The Morgan fingerprint density at radius 2 is 2.00 bits per heavy atom. The van der Waals surface area contributed by atoms with Crippen molar-refractivity contribution in [1.82, 2.24) is 10.3 Å². The van der Waals surface area contributed by atoms with Crippen LogP contribution in [0.1, 0.15) is 18.4 Å². The van der Waals surface area contributed by atoms with Gasteiger partial charge < -0.3 is 10.3 Å². The maximum atomic E-state index is 12.8. The number of rotatable bonds is 3. The molecule has 3 rings (SSSR count). The Bertz CT molecular complexity index is 656. The van der Waals surface area contributed by atoms with Gasteiger partial charge in [0.15, 0.2) is 0 Å². The van der Waals surface area contributed by atoms with Crippen molar-refractivity contribution < 1.29 is 18.0 Å². The van der Waals surface area contributed by atoms with E-state index in [2.05, 4.69) is 10.3 Å². The number of carbonyl (C=O) groups is 1. The molecule has 1 aromatic heterocycles. The Morgan fingerprint density at radius 3 is 2.65 bits per heavy atom. The Kier molecular flexibility index (Phi) is 2.77. The van der Waals surface area contributed by atoms with Gasteiger partial charge in [0, 0.05) is 17.1 Å². The van der Waals surface area contributed by atoms with Gasteiger partial charge in [-0.3, -0.25) is 4.79 Å². The van der Waals surface area contributed by atoms with Crippen LogP contribution >= 0.6 is 0 Å². The SMILES string of the molecule is O=C(Cc1c[nH]c2ccccc12)NC1(C(F)(F)F)CC1. The van der Waals surface area contributed by atoms with Crippen LogP contribution < -0.4 is 5.32 Å². The van der Waals surface area contributed by atoms with E-state index < -0.39 is 17.6 Å². The first-order valence-electron chi connectivity index (χ1n) is 6.34. The first-order chi connectivity index (χ1) is 9.41. The zero-order valence-corrected chi connectivity index (χ0v) is 10.6. The summed E-state index contributed by atoms with van der Waals surface area (Å²) >= 11 is 0. The third-order valence-electron chi connectivity index (χ3n) is 3.70. The minimum Gasteiger partial charge on any atom is -0.361 e. The molecule has 0 saturated heterocycles. The Morgan fingerprint density at radius 1 is 1.30 bits per heavy atom. The molecule has 0 aliphatic heterocycles. The summed E-state index contributed by atoms with van der Waals surface area (Å²) in [4.78, 5) is 14.8. The largest absolute Gasteiger partial charge is 0.411 e. The van der Waals surface area contributed by atoms with E-state index in [-0.39, 0.29) is 19.3 Å². The molecule has 0 unspecified atom stereocenters. The number of carbonyl (C=O) groups excluding carboxylic acids is 1. The summed E-state index contributed by atoms with van der Waals surface area (Å²) in [7, 11) is 0. The Hall–Kier alpha value is -1.98. The predicted molar refractivity (Wildman–Crippen MR) is 68.2 cm³/mol. The number of halogens is 3. The minimum atomic E-state index is -4.37. The predicted octanol–water partition coefficient (Wildman–Crippen LogP) is 2.92. The van der Waals surface area contributed by atoms with Crippen LogP contribution in [0, 0.1) is 0 Å². The summed E-state index contributed by atoms with van der Waals surface area (Å²) in [5.74, 6) is -0.593. The van der Waals surface area contributed by atoms with Crippen LogP contribution in [0.3, 0.4) is 0 Å². The number of amides is 1. The second kappa shape index (κ2) is 4.26. The molecule has 0 spiro atoms. The summed E-state index contributed by atoms with van der Waals surface area (Å²) in [6.45, 7) is 0. The highest BCUT2D eigenvalue weighted by Crippen LogP contribution is 2.48. The molecule has 106 valence electrons. The first-order valence-corrected chi connectivity index (χ1v) is 6.34. The molecule has 20 heavy (non-hydrogen) atoms. The van der Waals surface area contributed by atoms with Crippen LogP contribution in [0.4, 0.5) is 13.2 Å². The highest BCUT2D eigenvalue weighted by atomic mass is 19.4. The van der Waals surface area contributed by atoms with Gasteiger partial charge >= 0.3 is 6.18 Å². The van der Waals surface area contributed by atoms with Crippen molar-refractivity contribution in [3.63, 3.8) is 0 Å². The first kappa shape index (κ1) is 13.0. The normalized spacial score (nSPS) is 17.1. The molecule has 1 saturated carbocycles. The third kappa shape index (κ3) is 2.15. The van der Waals surface area contributed by atoms with Crippen molar-refractivity contribution in [3.8, 4) is 0 Å². The molecule has 1 amide bonds. The van der Waals surface area contributed by atoms with E-state index >= 15 is 0 Å². The fourth-order valence-electron chi connectivity index (χ4n) is 2.37. The molecule has 2 aromatic rings. The van der Waals surface area contributed by atoms with Gasteiger partial charge in [-0.05, 0) is 24.5 Å². The van der Waals surface area contributed by atoms with Gasteiger partial charge in [-0.25, -0.2) is 0 Å². The highest BCUT2D eigenvalue weighted by molar-refractivity contribution is 5.89. The van der Waals surface area contributed by atoms with Crippen molar-refractivity contribution in [3.05, 3.63) is 36.0 Å². The lowest BCUT2D eigenvalue weighted by atomic mass is 10.1. The smallest absolute Gasteiger partial charge is 0.361 e. The quantitative estimate of drug-likeness (QED) is 0.893. The second-order valence-electron chi connectivity index (χ2n) is 5.16. The van der Waals surface area contributed by atoms with Crippen molar-refractivity contribution in [1.29, 1.82) is 0 Å². The zero-order chi connectivity index (χ0) is 14.4. The molecule has 6 heteroatoms. The molecule has 1 heterocycles. The molecule has 1 aliphatic carbocycles. The van der Waals surface area contributed by atoms with Gasteiger partial charge in [0.25, 0.3) is 0 Å². The highest BCUT2D eigenvalue weighted by Gasteiger charge is 2.64. The number of alkyl halides is 3. The van der Waals surface area contributed by atoms with Crippen LogP contribution in [0.2, 0.25) is 0 Å². The average molecular weight is 282 g/mol. The number of aromatic nitrogens is 1. The fraction of sp³-hybridized carbons (Fsp3) is 0.357. The zero-order valence-electron chi connectivity index (χ0n) is 10.6. The molecule has 1 aliphatic rings. The van der Waals surface area contributed by atoms with Crippen LogP contribution in [0.5, 0.6) is 0 Å². The van der Waals surface area contributed by atoms with Gasteiger partial charge in [-0.2, -0.15) is 13.2 Å². The second-order valence-corrected chi connectivity index (χ2v) is 5.16. The van der Waals surface area contributed by atoms with Gasteiger partial charge in [0.05, 0.1) is 6.42 Å². The molecule has 3 nitrogen and oxygen atoms in total. The lowest BCUT2D eigenvalue weighted by molar-refractivity contribution is -0.170. The summed E-state index contributed by atoms with van der Waals surface area (Å²) < 4.78 is 38.3. The number of benzene rings is 1. The van der Waals surface area contributed by atoms with E-state index in [1.807, 2.05) is 24.3 Å². The maximum Gasteiger partial charge on any atom is 0.411 e. The maximum absolute atomic E-state index is 12.8. The number of hydrogen-bond donors (Lipinski definition) is 2. The topological polar surface area (TPSA) is 44.9 Å². The summed E-state index contributed by atoms with van der Waals surface area (Å²) in [6, 6.07) is 7.38. The van der Waals surface area contributed by atoms with Crippen LogP contribution in [-0.4, -0.2) is 22.6 Å². The van der Waals surface area contributed by atoms with E-state index in [0.29, 0.717) is 5.56 Å². The van der Waals surface area contributed by atoms with E-state index in [4.69, 9.17) is 0 Å². The van der Waals surface area contributed by atoms with Crippen molar-refractivity contribution in [2.24, 2.45) is 0 Å². The van der Waals surface area contributed by atoms with E-state index in [1.54, 1.807) is 6.20 Å². The number of fused-ring (bicyclic) bond motifs is 1. The molecule has 0 bridgehead atoms. The number of nitrogens with one attached hydrogen (secondary N) is 2. The van der Waals surface area contributed by atoms with Crippen LogP contribution in [0.25, 0.3) is 10.9 Å². The van der Waals surface area contributed by atoms with E-state index in [0.717, 1.165) is 10.9 Å². The summed E-state index contributed by atoms with van der Waals surface area (Å²) in [6.07, 6.45) is -2.83. The molecule has 0 radical (unpaired) electrons. The Labute approximate surface area is 113 Å².